The van der Waals surface area contributed by atoms with E-state index < -0.39 is 0 Å². The second-order valence-electron chi connectivity index (χ2n) is 6.16. The van der Waals surface area contributed by atoms with Crippen LogP contribution in [0.2, 0.25) is 0 Å². The Morgan fingerprint density at radius 1 is 1.50 bits per heavy atom. The summed E-state index contributed by atoms with van der Waals surface area (Å²) in [6.45, 7) is 6.80. The molecule has 0 bridgehead atoms. The van der Waals surface area contributed by atoms with Crippen molar-refractivity contribution in [3.63, 3.8) is 0 Å². The molecule has 2 unspecified atom stereocenters. The minimum Gasteiger partial charge on any atom is -0.379 e. The van der Waals surface area contributed by atoms with Gasteiger partial charge in [-0.1, -0.05) is 0 Å². The van der Waals surface area contributed by atoms with Crippen molar-refractivity contribution in [1.29, 1.82) is 0 Å². The van der Waals surface area contributed by atoms with Gasteiger partial charge in [0, 0.05) is 26.3 Å². The van der Waals surface area contributed by atoms with Crippen molar-refractivity contribution in [2.24, 2.45) is 5.41 Å². The fourth-order valence-electron chi connectivity index (χ4n) is 2.83. The molecule has 2 rings (SSSR count). The molecule has 2 N–H and O–H groups in total. The summed E-state index contributed by atoms with van der Waals surface area (Å²) in [5, 5.41) is 6.33. The highest BCUT2D eigenvalue weighted by Gasteiger charge is 2.34. The monoisotopic (exact) mass is 284 g/mol. The molecule has 0 aromatic rings. The van der Waals surface area contributed by atoms with Gasteiger partial charge in [-0.05, 0) is 45.6 Å². The van der Waals surface area contributed by atoms with E-state index in [4.69, 9.17) is 9.47 Å². The average Bonchev–Trinajstić information content (AvgIpc) is 2.96. The zero-order chi connectivity index (χ0) is 14.3. The third-order valence-corrected chi connectivity index (χ3v) is 4.22. The lowest BCUT2D eigenvalue weighted by Gasteiger charge is -2.32. The van der Waals surface area contributed by atoms with Crippen molar-refractivity contribution in [1.82, 2.24) is 10.6 Å². The Kier molecular flexibility index (Phi) is 6.26. The third-order valence-electron chi connectivity index (χ3n) is 4.22. The van der Waals surface area contributed by atoms with E-state index in [1.165, 1.54) is 0 Å². The van der Waals surface area contributed by atoms with Crippen molar-refractivity contribution in [3.8, 4) is 0 Å². The topological polar surface area (TPSA) is 59.6 Å². The Morgan fingerprint density at radius 2 is 2.40 bits per heavy atom. The molecule has 2 fully saturated rings. The van der Waals surface area contributed by atoms with E-state index in [-0.39, 0.29) is 17.4 Å². The lowest BCUT2D eigenvalue weighted by atomic mass is 9.82. The molecule has 5 heteroatoms. The average molecular weight is 284 g/mol. The van der Waals surface area contributed by atoms with Crippen LogP contribution in [-0.4, -0.2) is 51.5 Å². The number of hydrogen-bond acceptors (Lipinski definition) is 4. The maximum absolute atomic E-state index is 12.1. The van der Waals surface area contributed by atoms with Crippen LogP contribution in [0.15, 0.2) is 0 Å². The summed E-state index contributed by atoms with van der Waals surface area (Å²) in [4.78, 5) is 12.1. The fourth-order valence-corrected chi connectivity index (χ4v) is 2.83. The predicted octanol–water partition coefficient (Wildman–Crippen LogP) is 1.08. The first-order chi connectivity index (χ1) is 9.71. The molecule has 0 aromatic heterocycles. The SMILES string of the molecule is CC1(C(=O)NCCCOCC2CCCO2)CCCNC1. The van der Waals surface area contributed by atoms with Crippen molar-refractivity contribution in [2.75, 3.05) is 39.5 Å². The highest BCUT2D eigenvalue weighted by Crippen LogP contribution is 2.25. The van der Waals surface area contributed by atoms with Crippen LogP contribution < -0.4 is 10.6 Å². The minimum absolute atomic E-state index is 0.170. The van der Waals surface area contributed by atoms with Gasteiger partial charge in [-0.3, -0.25) is 4.79 Å². The summed E-state index contributed by atoms with van der Waals surface area (Å²) >= 11 is 0. The van der Waals surface area contributed by atoms with Crippen LogP contribution in [0.25, 0.3) is 0 Å². The van der Waals surface area contributed by atoms with Crippen LogP contribution in [0.5, 0.6) is 0 Å². The van der Waals surface area contributed by atoms with Crippen LogP contribution in [0.1, 0.15) is 39.0 Å². The molecule has 2 atom stereocenters. The normalized spacial score (nSPS) is 30.4. The Bertz CT molecular complexity index is 297. The Hall–Kier alpha value is -0.650. The molecule has 2 aliphatic rings. The lowest BCUT2D eigenvalue weighted by molar-refractivity contribution is -0.131. The first-order valence-electron chi connectivity index (χ1n) is 7.89. The van der Waals surface area contributed by atoms with Gasteiger partial charge in [-0.15, -0.1) is 0 Å². The molecule has 2 saturated heterocycles. The molecule has 5 nitrogen and oxygen atoms in total. The van der Waals surface area contributed by atoms with Gasteiger partial charge in [0.1, 0.15) is 0 Å². The van der Waals surface area contributed by atoms with Crippen molar-refractivity contribution in [3.05, 3.63) is 0 Å². The summed E-state index contributed by atoms with van der Waals surface area (Å²) < 4.78 is 11.1. The quantitative estimate of drug-likeness (QED) is 0.687. The van der Waals surface area contributed by atoms with Gasteiger partial charge < -0.3 is 20.1 Å². The number of hydrogen-bond donors (Lipinski definition) is 2. The number of carbonyl (C=O) groups is 1. The number of rotatable bonds is 7. The molecule has 0 radical (unpaired) electrons. The highest BCUT2D eigenvalue weighted by molar-refractivity contribution is 5.82. The summed E-state index contributed by atoms with van der Waals surface area (Å²) in [6.07, 6.45) is 5.47. The van der Waals surface area contributed by atoms with E-state index in [0.717, 1.165) is 51.8 Å². The maximum Gasteiger partial charge on any atom is 0.227 e. The standard InChI is InChI=1S/C15H28N2O3/c1-15(6-3-7-16-12-15)14(18)17-8-4-9-19-11-13-5-2-10-20-13/h13,16H,2-12H2,1H3,(H,17,18). The number of piperidine rings is 1. The van der Waals surface area contributed by atoms with Gasteiger partial charge in [0.2, 0.25) is 5.91 Å². The van der Waals surface area contributed by atoms with E-state index in [9.17, 15) is 4.79 Å². The first kappa shape index (κ1) is 15.7. The largest absolute Gasteiger partial charge is 0.379 e. The van der Waals surface area contributed by atoms with E-state index >= 15 is 0 Å². The van der Waals surface area contributed by atoms with Gasteiger partial charge in [0.15, 0.2) is 0 Å². The highest BCUT2D eigenvalue weighted by atomic mass is 16.5. The summed E-state index contributed by atoms with van der Waals surface area (Å²) in [7, 11) is 0. The first-order valence-corrected chi connectivity index (χ1v) is 7.89. The second kappa shape index (κ2) is 7.96. The molecule has 0 aromatic carbocycles. The molecule has 1 amide bonds. The minimum atomic E-state index is -0.239. The van der Waals surface area contributed by atoms with E-state index in [1.54, 1.807) is 0 Å². The number of amides is 1. The van der Waals surface area contributed by atoms with Crippen molar-refractivity contribution in [2.45, 2.75) is 45.1 Å². The molecule has 20 heavy (non-hydrogen) atoms. The molecular weight excluding hydrogens is 256 g/mol. The van der Waals surface area contributed by atoms with Gasteiger partial charge >= 0.3 is 0 Å². The zero-order valence-corrected chi connectivity index (χ0v) is 12.6. The van der Waals surface area contributed by atoms with Crippen molar-refractivity contribution < 1.29 is 14.3 Å². The number of carbonyl (C=O) groups excluding carboxylic acids is 1. The molecule has 2 aliphatic heterocycles. The van der Waals surface area contributed by atoms with Crippen LogP contribution >= 0.6 is 0 Å². The molecule has 2 heterocycles. The van der Waals surface area contributed by atoms with E-state index in [2.05, 4.69) is 10.6 Å². The fraction of sp³-hybridized carbons (Fsp3) is 0.933. The smallest absolute Gasteiger partial charge is 0.227 e. The Labute approximate surface area is 121 Å². The van der Waals surface area contributed by atoms with Crippen LogP contribution in [0, 0.1) is 5.41 Å². The van der Waals surface area contributed by atoms with Crippen LogP contribution in [0.3, 0.4) is 0 Å². The van der Waals surface area contributed by atoms with Crippen LogP contribution in [0.4, 0.5) is 0 Å². The molecule has 0 saturated carbocycles. The van der Waals surface area contributed by atoms with Gasteiger partial charge in [0.25, 0.3) is 0 Å². The van der Waals surface area contributed by atoms with Crippen molar-refractivity contribution >= 4 is 5.91 Å². The molecule has 0 spiro atoms. The second-order valence-corrected chi connectivity index (χ2v) is 6.16. The molecule has 0 aliphatic carbocycles. The van der Waals surface area contributed by atoms with Gasteiger partial charge in [-0.2, -0.15) is 0 Å². The third kappa shape index (κ3) is 4.72. The number of ether oxygens (including phenoxy) is 2. The maximum atomic E-state index is 12.1. The van der Waals surface area contributed by atoms with Crippen LogP contribution in [-0.2, 0) is 14.3 Å². The Morgan fingerprint density at radius 3 is 3.10 bits per heavy atom. The number of nitrogens with one attached hydrogen (secondary N) is 2. The zero-order valence-electron chi connectivity index (χ0n) is 12.6. The summed E-state index contributed by atoms with van der Waals surface area (Å²) in [6, 6.07) is 0. The van der Waals surface area contributed by atoms with Gasteiger partial charge in [-0.25, -0.2) is 0 Å². The predicted molar refractivity (Wildman–Crippen MR) is 77.6 cm³/mol. The Balaban J connectivity index is 1.50. The van der Waals surface area contributed by atoms with Gasteiger partial charge in [0.05, 0.1) is 18.1 Å². The lowest BCUT2D eigenvalue weighted by Crippen LogP contribution is -2.48. The molecule has 116 valence electrons. The summed E-state index contributed by atoms with van der Waals surface area (Å²) in [5.74, 6) is 0.170. The summed E-state index contributed by atoms with van der Waals surface area (Å²) in [5.41, 5.74) is -0.239. The van der Waals surface area contributed by atoms with E-state index in [1.807, 2.05) is 6.92 Å². The molecular formula is C15H28N2O3. The van der Waals surface area contributed by atoms with E-state index in [0.29, 0.717) is 19.8 Å².